The van der Waals surface area contributed by atoms with E-state index in [0.29, 0.717) is 31.3 Å². The van der Waals surface area contributed by atoms with E-state index in [1.165, 1.54) is 26.4 Å². The molecule has 5 nitrogen and oxygen atoms in total. The zero-order valence-corrected chi connectivity index (χ0v) is 14.4. The van der Waals surface area contributed by atoms with E-state index in [9.17, 15) is 9.50 Å². The number of nitrogens with zero attached hydrogens (tertiary/aromatic N) is 1. The molecule has 0 spiro atoms. The predicted molar refractivity (Wildman–Crippen MR) is 91.6 cm³/mol. The smallest absolute Gasteiger partial charge is 0.203 e. The van der Waals surface area contributed by atoms with Crippen LogP contribution in [0.3, 0.4) is 0 Å². The highest BCUT2D eigenvalue weighted by Gasteiger charge is 2.26. The zero-order valence-electron chi connectivity index (χ0n) is 14.4. The molecule has 0 saturated carbocycles. The third kappa shape index (κ3) is 3.70. The number of ether oxygens (including phenoxy) is 3. The van der Waals surface area contributed by atoms with Gasteiger partial charge in [0, 0.05) is 18.7 Å². The maximum atomic E-state index is 13.2. The summed E-state index contributed by atoms with van der Waals surface area (Å²) in [5, 5.41) is 10.5. The van der Waals surface area contributed by atoms with Gasteiger partial charge in [0.05, 0.1) is 33.5 Å². The Morgan fingerprint density at radius 3 is 2.60 bits per heavy atom. The molecule has 1 unspecified atom stereocenters. The van der Waals surface area contributed by atoms with Gasteiger partial charge in [-0.15, -0.1) is 0 Å². The molecule has 6 heteroatoms. The molecule has 0 amide bonds. The van der Waals surface area contributed by atoms with Crippen LogP contribution in [0.2, 0.25) is 0 Å². The summed E-state index contributed by atoms with van der Waals surface area (Å²) in [7, 11) is 3.03. The number of halogens is 1. The molecule has 0 radical (unpaired) electrons. The molecule has 1 N–H and O–H groups in total. The van der Waals surface area contributed by atoms with Crippen molar-refractivity contribution in [3.8, 4) is 17.2 Å². The minimum atomic E-state index is -0.260. The summed E-state index contributed by atoms with van der Waals surface area (Å²) in [4.78, 5) is 2.21. The molecule has 0 bridgehead atoms. The van der Waals surface area contributed by atoms with Gasteiger partial charge in [-0.2, -0.15) is 0 Å². The van der Waals surface area contributed by atoms with E-state index in [4.69, 9.17) is 14.2 Å². The van der Waals surface area contributed by atoms with E-state index in [0.717, 1.165) is 17.7 Å². The van der Waals surface area contributed by atoms with E-state index in [2.05, 4.69) is 4.90 Å². The van der Waals surface area contributed by atoms with Crippen LogP contribution in [-0.2, 0) is 11.3 Å². The molecule has 134 valence electrons. The topological polar surface area (TPSA) is 51.2 Å². The molecule has 1 aliphatic rings. The number of aromatic hydroxyl groups is 1. The Hall–Kier alpha value is -2.31. The maximum Gasteiger partial charge on any atom is 0.203 e. The van der Waals surface area contributed by atoms with E-state index in [1.807, 2.05) is 6.07 Å². The number of phenolic OH excluding ortho intramolecular Hbond substituents is 1. The summed E-state index contributed by atoms with van der Waals surface area (Å²) < 4.78 is 29.3. The zero-order chi connectivity index (χ0) is 17.8. The molecular formula is C19H22FNO4. The minimum Gasteiger partial charge on any atom is -0.504 e. The molecule has 0 aromatic heterocycles. The van der Waals surface area contributed by atoms with Crippen LogP contribution in [0.1, 0.15) is 17.2 Å². The van der Waals surface area contributed by atoms with Crippen molar-refractivity contribution in [1.82, 2.24) is 4.90 Å². The van der Waals surface area contributed by atoms with Crippen molar-refractivity contribution >= 4 is 0 Å². The van der Waals surface area contributed by atoms with Crippen LogP contribution in [-0.4, -0.2) is 44.0 Å². The van der Waals surface area contributed by atoms with Crippen LogP contribution in [0.5, 0.6) is 17.2 Å². The summed E-state index contributed by atoms with van der Waals surface area (Å²) in [6.45, 7) is 2.39. The fraction of sp³-hybridized carbons (Fsp3) is 0.368. The average Bonchev–Trinajstić information content (AvgIpc) is 2.64. The Kier molecular flexibility index (Phi) is 5.40. The lowest BCUT2D eigenvalue weighted by Crippen LogP contribution is -2.39. The fourth-order valence-electron chi connectivity index (χ4n) is 3.12. The number of methoxy groups -OCH3 is 2. The molecule has 2 aromatic carbocycles. The van der Waals surface area contributed by atoms with Gasteiger partial charge in [-0.3, -0.25) is 4.90 Å². The van der Waals surface area contributed by atoms with Crippen molar-refractivity contribution in [2.75, 3.05) is 34.0 Å². The average molecular weight is 347 g/mol. The van der Waals surface area contributed by atoms with Crippen molar-refractivity contribution in [3.05, 3.63) is 53.3 Å². The molecule has 2 aromatic rings. The molecule has 1 atom stereocenters. The molecule has 25 heavy (non-hydrogen) atoms. The van der Waals surface area contributed by atoms with Gasteiger partial charge >= 0.3 is 0 Å². The minimum absolute atomic E-state index is 0.00171. The summed E-state index contributed by atoms with van der Waals surface area (Å²) >= 11 is 0. The molecule has 1 saturated heterocycles. The molecule has 3 rings (SSSR count). The summed E-state index contributed by atoms with van der Waals surface area (Å²) in [6.07, 6.45) is 0. The second kappa shape index (κ2) is 7.72. The maximum absolute atomic E-state index is 13.2. The Morgan fingerprint density at radius 1 is 1.16 bits per heavy atom. The van der Waals surface area contributed by atoms with Crippen molar-refractivity contribution < 1.29 is 23.7 Å². The summed E-state index contributed by atoms with van der Waals surface area (Å²) in [5.41, 5.74) is 1.73. The van der Waals surface area contributed by atoms with Gasteiger partial charge in [0.25, 0.3) is 0 Å². The van der Waals surface area contributed by atoms with Gasteiger partial charge in [-0.25, -0.2) is 4.39 Å². The highest BCUT2D eigenvalue weighted by molar-refractivity contribution is 5.54. The summed E-state index contributed by atoms with van der Waals surface area (Å²) in [6, 6.07) is 10.1. The largest absolute Gasteiger partial charge is 0.504 e. The Balaban J connectivity index is 1.86. The van der Waals surface area contributed by atoms with Crippen LogP contribution >= 0.6 is 0 Å². The lowest BCUT2D eigenvalue weighted by atomic mass is 10.0. The number of hydrogen-bond donors (Lipinski definition) is 1. The fourth-order valence-corrected chi connectivity index (χ4v) is 3.12. The SMILES string of the molecule is COc1ccc(CN2CCOCC2c2ccc(F)cc2)c(O)c1OC. The monoisotopic (exact) mass is 347 g/mol. The van der Waals surface area contributed by atoms with E-state index >= 15 is 0 Å². The summed E-state index contributed by atoms with van der Waals surface area (Å²) in [5.74, 6) is 0.628. The van der Waals surface area contributed by atoms with Crippen molar-refractivity contribution in [2.45, 2.75) is 12.6 Å². The first-order valence-electron chi connectivity index (χ1n) is 8.14. The number of rotatable bonds is 5. The normalized spacial score (nSPS) is 18.1. The van der Waals surface area contributed by atoms with Gasteiger partial charge < -0.3 is 19.3 Å². The van der Waals surface area contributed by atoms with Gasteiger partial charge in [0.15, 0.2) is 11.5 Å². The van der Waals surface area contributed by atoms with Crippen LogP contribution in [0.25, 0.3) is 0 Å². The first-order valence-corrected chi connectivity index (χ1v) is 8.14. The lowest BCUT2D eigenvalue weighted by Gasteiger charge is -2.36. The van der Waals surface area contributed by atoms with Gasteiger partial charge in [-0.1, -0.05) is 18.2 Å². The first-order chi connectivity index (χ1) is 12.1. The van der Waals surface area contributed by atoms with Gasteiger partial charge in [0.1, 0.15) is 5.82 Å². The Morgan fingerprint density at radius 2 is 1.92 bits per heavy atom. The third-order valence-corrected chi connectivity index (χ3v) is 4.47. The predicted octanol–water partition coefficient (Wildman–Crippen LogP) is 3.12. The number of morpholine rings is 1. The molecular weight excluding hydrogens is 325 g/mol. The molecule has 1 aliphatic heterocycles. The van der Waals surface area contributed by atoms with Crippen LogP contribution in [0, 0.1) is 5.82 Å². The first kappa shape index (κ1) is 17.5. The highest BCUT2D eigenvalue weighted by atomic mass is 19.1. The van der Waals surface area contributed by atoms with E-state index in [1.54, 1.807) is 18.2 Å². The number of phenols is 1. The van der Waals surface area contributed by atoms with Crippen molar-refractivity contribution in [1.29, 1.82) is 0 Å². The Labute approximate surface area is 146 Å². The van der Waals surface area contributed by atoms with Crippen LogP contribution in [0.15, 0.2) is 36.4 Å². The second-order valence-corrected chi connectivity index (χ2v) is 5.92. The second-order valence-electron chi connectivity index (χ2n) is 5.92. The van der Waals surface area contributed by atoms with Crippen LogP contribution < -0.4 is 9.47 Å². The van der Waals surface area contributed by atoms with Gasteiger partial charge in [0.2, 0.25) is 5.75 Å². The van der Waals surface area contributed by atoms with Crippen LogP contribution in [0.4, 0.5) is 4.39 Å². The van der Waals surface area contributed by atoms with Gasteiger partial charge in [-0.05, 0) is 23.8 Å². The Bertz CT molecular complexity index is 720. The van der Waals surface area contributed by atoms with Crippen molar-refractivity contribution in [3.63, 3.8) is 0 Å². The quantitative estimate of drug-likeness (QED) is 0.901. The van der Waals surface area contributed by atoms with E-state index < -0.39 is 0 Å². The third-order valence-electron chi connectivity index (χ3n) is 4.47. The standard InChI is InChI=1S/C19H22FNO4/c1-23-17-8-5-14(18(22)19(17)24-2)11-21-9-10-25-12-16(21)13-3-6-15(20)7-4-13/h3-8,16,22H,9-12H2,1-2H3. The molecule has 1 fully saturated rings. The number of hydrogen-bond acceptors (Lipinski definition) is 5. The lowest BCUT2D eigenvalue weighted by molar-refractivity contribution is -0.0130. The molecule has 1 heterocycles. The molecule has 0 aliphatic carbocycles. The number of benzene rings is 2. The van der Waals surface area contributed by atoms with E-state index in [-0.39, 0.29) is 17.6 Å². The highest BCUT2D eigenvalue weighted by Crippen LogP contribution is 2.40. The van der Waals surface area contributed by atoms with Crippen molar-refractivity contribution in [2.24, 2.45) is 0 Å².